The van der Waals surface area contributed by atoms with Crippen molar-refractivity contribution in [3.8, 4) is 0 Å². The summed E-state index contributed by atoms with van der Waals surface area (Å²) in [6.45, 7) is 5.08. The van der Waals surface area contributed by atoms with Gasteiger partial charge in [0.1, 0.15) is 0 Å². The third kappa shape index (κ3) is 1.94. The highest BCUT2D eigenvalue weighted by atomic mass is 16.7. The standard InChI is InChI=1S/C11H18O2/c1-10(2)6-5-8-11(13-10)7-3-4-9-12-11/h5,8H,3-4,6-7,9H2,1-2H3/t11-/m0/s1. The van der Waals surface area contributed by atoms with Crippen LogP contribution in [-0.2, 0) is 9.47 Å². The van der Waals surface area contributed by atoms with Crippen molar-refractivity contribution in [3.05, 3.63) is 12.2 Å². The van der Waals surface area contributed by atoms with Crippen LogP contribution in [0.1, 0.15) is 39.5 Å². The van der Waals surface area contributed by atoms with Gasteiger partial charge >= 0.3 is 0 Å². The molecule has 0 radical (unpaired) electrons. The topological polar surface area (TPSA) is 18.5 Å². The van der Waals surface area contributed by atoms with Crippen LogP contribution in [-0.4, -0.2) is 18.0 Å². The maximum absolute atomic E-state index is 5.99. The van der Waals surface area contributed by atoms with E-state index in [1.165, 1.54) is 12.8 Å². The van der Waals surface area contributed by atoms with Gasteiger partial charge in [0.15, 0.2) is 5.79 Å². The van der Waals surface area contributed by atoms with Crippen LogP contribution in [0.5, 0.6) is 0 Å². The summed E-state index contributed by atoms with van der Waals surface area (Å²) in [6.07, 6.45) is 8.65. The number of hydrogen-bond donors (Lipinski definition) is 0. The van der Waals surface area contributed by atoms with E-state index in [9.17, 15) is 0 Å². The highest BCUT2D eigenvalue weighted by Crippen LogP contribution is 2.36. The molecule has 0 aromatic heterocycles. The Bertz CT molecular complexity index is 212. The largest absolute Gasteiger partial charge is 0.346 e. The van der Waals surface area contributed by atoms with Crippen molar-refractivity contribution in [1.82, 2.24) is 0 Å². The van der Waals surface area contributed by atoms with E-state index in [0.717, 1.165) is 19.4 Å². The Morgan fingerprint density at radius 3 is 2.69 bits per heavy atom. The summed E-state index contributed by atoms with van der Waals surface area (Å²) >= 11 is 0. The van der Waals surface area contributed by atoms with Gasteiger partial charge in [-0.3, -0.25) is 0 Å². The Morgan fingerprint density at radius 1 is 1.23 bits per heavy atom. The first-order chi connectivity index (χ1) is 6.12. The van der Waals surface area contributed by atoms with Crippen LogP contribution in [0.25, 0.3) is 0 Å². The molecule has 2 aliphatic rings. The Kier molecular flexibility index (Phi) is 2.20. The van der Waals surface area contributed by atoms with E-state index in [1.807, 2.05) is 0 Å². The molecule has 1 saturated heterocycles. The summed E-state index contributed by atoms with van der Waals surface area (Å²) in [5, 5.41) is 0. The van der Waals surface area contributed by atoms with Crippen molar-refractivity contribution in [3.63, 3.8) is 0 Å². The Hall–Kier alpha value is -0.340. The van der Waals surface area contributed by atoms with Crippen LogP contribution in [0.4, 0.5) is 0 Å². The lowest BCUT2D eigenvalue weighted by Gasteiger charge is -2.43. The average Bonchev–Trinajstić information content (AvgIpc) is 2.03. The maximum atomic E-state index is 5.99. The van der Waals surface area contributed by atoms with Crippen molar-refractivity contribution in [2.24, 2.45) is 0 Å². The van der Waals surface area contributed by atoms with Crippen LogP contribution in [0.3, 0.4) is 0 Å². The zero-order chi connectivity index (χ0) is 9.36. The van der Waals surface area contributed by atoms with Crippen molar-refractivity contribution in [2.45, 2.75) is 50.9 Å². The second kappa shape index (κ2) is 3.10. The summed E-state index contributed by atoms with van der Waals surface area (Å²) in [6, 6.07) is 0. The molecule has 0 amide bonds. The zero-order valence-corrected chi connectivity index (χ0v) is 8.51. The van der Waals surface area contributed by atoms with Gasteiger partial charge in [-0.25, -0.2) is 0 Å². The minimum atomic E-state index is -0.389. The zero-order valence-electron chi connectivity index (χ0n) is 8.51. The molecule has 2 heteroatoms. The molecule has 2 nitrogen and oxygen atoms in total. The molecule has 0 saturated carbocycles. The van der Waals surface area contributed by atoms with Crippen LogP contribution < -0.4 is 0 Å². The van der Waals surface area contributed by atoms with E-state index in [1.54, 1.807) is 0 Å². The molecule has 2 aliphatic heterocycles. The molecule has 0 bridgehead atoms. The van der Waals surface area contributed by atoms with Gasteiger partial charge in [-0.05, 0) is 39.2 Å². The summed E-state index contributed by atoms with van der Waals surface area (Å²) in [5.41, 5.74) is -0.0634. The monoisotopic (exact) mass is 182 g/mol. The SMILES string of the molecule is CC1(C)CC=C[C@]2(CCCCO2)O1. The third-order valence-corrected chi connectivity index (χ3v) is 2.70. The van der Waals surface area contributed by atoms with E-state index in [-0.39, 0.29) is 11.4 Å². The molecule has 0 aliphatic carbocycles. The minimum Gasteiger partial charge on any atom is -0.346 e. The lowest BCUT2D eigenvalue weighted by Crippen LogP contribution is -2.46. The smallest absolute Gasteiger partial charge is 0.188 e. The van der Waals surface area contributed by atoms with Crippen LogP contribution in [0, 0.1) is 0 Å². The molecule has 2 rings (SSSR count). The van der Waals surface area contributed by atoms with Crippen LogP contribution in [0.2, 0.25) is 0 Å². The molecule has 13 heavy (non-hydrogen) atoms. The van der Waals surface area contributed by atoms with Crippen molar-refractivity contribution in [1.29, 1.82) is 0 Å². The fourth-order valence-electron chi connectivity index (χ4n) is 2.07. The van der Waals surface area contributed by atoms with Gasteiger partial charge in [0.05, 0.1) is 12.2 Å². The molecule has 0 aromatic carbocycles. The fraction of sp³-hybridized carbons (Fsp3) is 0.818. The van der Waals surface area contributed by atoms with Gasteiger partial charge in [0.2, 0.25) is 0 Å². The summed E-state index contributed by atoms with van der Waals surface area (Å²) in [7, 11) is 0. The first kappa shape index (κ1) is 9.22. The van der Waals surface area contributed by atoms with Crippen molar-refractivity contribution < 1.29 is 9.47 Å². The van der Waals surface area contributed by atoms with Crippen molar-refractivity contribution in [2.75, 3.05) is 6.61 Å². The summed E-state index contributed by atoms with van der Waals surface area (Å²) in [5.74, 6) is -0.389. The van der Waals surface area contributed by atoms with E-state index in [0.29, 0.717) is 0 Å². The minimum absolute atomic E-state index is 0.0634. The molecule has 1 atom stereocenters. The predicted molar refractivity (Wildman–Crippen MR) is 51.5 cm³/mol. The normalized spacial score (nSPS) is 38.0. The van der Waals surface area contributed by atoms with Crippen molar-refractivity contribution >= 4 is 0 Å². The highest BCUT2D eigenvalue weighted by Gasteiger charge is 2.39. The van der Waals surface area contributed by atoms with E-state index in [4.69, 9.17) is 9.47 Å². The van der Waals surface area contributed by atoms with Gasteiger partial charge in [-0.15, -0.1) is 0 Å². The number of hydrogen-bond acceptors (Lipinski definition) is 2. The highest BCUT2D eigenvalue weighted by molar-refractivity contribution is 5.05. The average molecular weight is 182 g/mol. The quantitative estimate of drug-likeness (QED) is 0.536. The molecule has 74 valence electrons. The molecule has 0 unspecified atom stereocenters. The van der Waals surface area contributed by atoms with Gasteiger partial charge in [0, 0.05) is 6.42 Å². The predicted octanol–water partition coefficient (Wildman–Crippen LogP) is 2.64. The number of rotatable bonds is 0. The Morgan fingerprint density at radius 2 is 2.08 bits per heavy atom. The molecule has 0 N–H and O–H groups in total. The molecule has 1 fully saturated rings. The molecular formula is C11H18O2. The lowest BCUT2D eigenvalue weighted by molar-refractivity contribution is -0.273. The molecular weight excluding hydrogens is 164 g/mol. The Balaban J connectivity index is 2.13. The van der Waals surface area contributed by atoms with E-state index >= 15 is 0 Å². The fourth-order valence-corrected chi connectivity index (χ4v) is 2.07. The first-order valence-corrected chi connectivity index (χ1v) is 5.14. The second-order valence-electron chi connectivity index (χ2n) is 4.59. The van der Waals surface area contributed by atoms with Gasteiger partial charge in [0.25, 0.3) is 0 Å². The summed E-state index contributed by atoms with van der Waals surface area (Å²) in [4.78, 5) is 0. The number of ether oxygens (including phenoxy) is 2. The first-order valence-electron chi connectivity index (χ1n) is 5.14. The van der Waals surface area contributed by atoms with Gasteiger partial charge in [-0.1, -0.05) is 6.08 Å². The van der Waals surface area contributed by atoms with E-state index in [2.05, 4.69) is 26.0 Å². The van der Waals surface area contributed by atoms with Gasteiger partial charge < -0.3 is 9.47 Å². The second-order valence-corrected chi connectivity index (χ2v) is 4.59. The van der Waals surface area contributed by atoms with E-state index < -0.39 is 0 Å². The van der Waals surface area contributed by atoms with Crippen LogP contribution in [0.15, 0.2) is 12.2 Å². The third-order valence-electron chi connectivity index (χ3n) is 2.70. The molecule has 0 aromatic rings. The molecule has 2 heterocycles. The lowest BCUT2D eigenvalue weighted by atomic mass is 9.95. The maximum Gasteiger partial charge on any atom is 0.188 e. The van der Waals surface area contributed by atoms with Gasteiger partial charge in [-0.2, -0.15) is 0 Å². The molecule has 1 spiro atoms. The Labute approximate surface area is 79.9 Å². The summed E-state index contributed by atoms with van der Waals surface area (Å²) < 4.78 is 11.7. The van der Waals surface area contributed by atoms with Crippen LogP contribution >= 0.6 is 0 Å².